The molecule has 2 aromatic rings. The average Bonchev–Trinajstić information content (AvgIpc) is 2.60. The average molecular weight is 385 g/mol. The maximum absolute atomic E-state index is 11.8. The lowest BCUT2D eigenvalue weighted by Crippen LogP contribution is -2.38. The number of hydrogen-bond acceptors (Lipinski definition) is 5. The van der Waals surface area contributed by atoms with Gasteiger partial charge in [0.25, 0.3) is 5.56 Å². The Balaban J connectivity index is 2.57. The van der Waals surface area contributed by atoms with Gasteiger partial charge in [-0.25, -0.2) is 4.79 Å². The SMILES string of the molecule is CCc1cccc(/C=C/c2[nH]c(=S)[nH]c(=O)c2C#N)c1OC(C)(C)C(=O)O. The fourth-order valence-electron chi connectivity index (χ4n) is 2.35. The number of aromatic amines is 2. The molecule has 2 rings (SSSR count). The number of carboxylic acids is 1. The minimum absolute atomic E-state index is 0.0974. The van der Waals surface area contributed by atoms with Crippen molar-refractivity contribution in [1.82, 2.24) is 9.97 Å². The normalized spacial score (nSPS) is 11.3. The summed E-state index contributed by atoms with van der Waals surface area (Å²) in [7, 11) is 0. The van der Waals surface area contributed by atoms with Gasteiger partial charge in [0, 0.05) is 5.56 Å². The van der Waals surface area contributed by atoms with Gasteiger partial charge in [0.1, 0.15) is 17.4 Å². The van der Waals surface area contributed by atoms with E-state index >= 15 is 0 Å². The van der Waals surface area contributed by atoms with Gasteiger partial charge in [-0.15, -0.1) is 0 Å². The largest absolute Gasteiger partial charge is 0.478 e. The van der Waals surface area contributed by atoms with Gasteiger partial charge in [0.05, 0.1) is 5.69 Å². The van der Waals surface area contributed by atoms with Crippen molar-refractivity contribution in [2.45, 2.75) is 32.8 Å². The van der Waals surface area contributed by atoms with Crippen LogP contribution in [0.15, 0.2) is 23.0 Å². The Labute approximate surface area is 161 Å². The van der Waals surface area contributed by atoms with Gasteiger partial charge in [-0.3, -0.25) is 9.78 Å². The van der Waals surface area contributed by atoms with Crippen molar-refractivity contribution in [3.05, 3.63) is 55.7 Å². The second-order valence-electron chi connectivity index (χ2n) is 6.25. The maximum Gasteiger partial charge on any atom is 0.347 e. The van der Waals surface area contributed by atoms with Crippen LogP contribution in [-0.4, -0.2) is 26.6 Å². The minimum atomic E-state index is -1.42. The standard InChI is InChI=1S/C19H19N3O4S/c1-4-11-6-5-7-12(15(11)26-19(2,3)17(24)25)8-9-14-13(10-20)16(23)22-18(27)21-14/h5-9H,4H2,1-3H3,(H,24,25)(H2,21,22,23,27)/b9-8+. The Hall–Kier alpha value is -3.18. The van der Waals surface area contributed by atoms with E-state index in [1.165, 1.54) is 13.8 Å². The molecule has 140 valence electrons. The highest BCUT2D eigenvalue weighted by Crippen LogP contribution is 2.30. The molecule has 1 heterocycles. The number of nitrogens with zero attached hydrogens (tertiary/aromatic N) is 1. The smallest absolute Gasteiger partial charge is 0.347 e. The van der Waals surface area contributed by atoms with Gasteiger partial charge in [0.2, 0.25) is 0 Å². The van der Waals surface area contributed by atoms with E-state index in [2.05, 4.69) is 9.97 Å². The number of carbonyl (C=O) groups is 1. The minimum Gasteiger partial charge on any atom is -0.478 e. The lowest BCUT2D eigenvalue weighted by atomic mass is 10.0. The van der Waals surface area contributed by atoms with Gasteiger partial charge < -0.3 is 14.8 Å². The van der Waals surface area contributed by atoms with Crippen molar-refractivity contribution in [2.24, 2.45) is 0 Å². The monoisotopic (exact) mass is 385 g/mol. The van der Waals surface area contributed by atoms with Crippen molar-refractivity contribution in [2.75, 3.05) is 0 Å². The molecule has 0 aliphatic heterocycles. The van der Waals surface area contributed by atoms with Crippen LogP contribution >= 0.6 is 12.2 Å². The third-order valence-electron chi connectivity index (χ3n) is 3.89. The fourth-order valence-corrected chi connectivity index (χ4v) is 2.55. The topological polar surface area (TPSA) is 119 Å². The summed E-state index contributed by atoms with van der Waals surface area (Å²) in [6, 6.07) is 7.27. The Morgan fingerprint density at radius 1 is 1.37 bits per heavy atom. The van der Waals surface area contributed by atoms with Crippen LogP contribution in [0, 0.1) is 16.1 Å². The quantitative estimate of drug-likeness (QED) is 0.657. The third-order valence-corrected chi connectivity index (χ3v) is 4.10. The van der Waals surface area contributed by atoms with Crippen LogP contribution in [-0.2, 0) is 11.2 Å². The number of rotatable bonds is 6. The molecule has 0 bridgehead atoms. The van der Waals surface area contributed by atoms with Crippen LogP contribution in [0.2, 0.25) is 0 Å². The van der Waals surface area contributed by atoms with E-state index in [9.17, 15) is 20.0 Å². The summed E-state index contributed by atoms with van der Waals surface area (Å²) in [5.41, 5.74) is -0.378. The molecule has 0 spiro atoms. The predicted octanol–water partition coefficient (Wildman–Crippen LogP) is 3.28. The van der Waals surface area contributed by atoms with Crippen LogP contribution < -0.4 is 10.3 Å². The van der Waals surface area contributed by atoms with Gasteiger partial charge in [-0.2, -0.15) is 5.26 Å². The molecule has 0 radical (unpaired) electrons. The van der Waals surface area contributed by atoms with E-state index in [1.54, 1.807) is 18.2 Å². The highest BCUT2D eigenvalue weighted by molar-refractivity contribution is 7.71. The molecule has 0 saturated heterocycles. The van der Waals surface area contributed by atoms with Crippen LogP contribution in [0.5, 0.6) is 5.75 Å². The van der Waals surface area contributed by atoms with Crippen LogP contribution in [0.3, 0.4) is 0 Å². The number of nitrogens with one attached hydrogen (secondary N) is 2. The first kappa shape index (κ1) is 20.1. The van der Waals surface area contributed by atoms with Crippen LogP contribution in [0.4, 0.5) is 0 Å². The van der Waals surface area contributed by atoms with Crippen molar-refractivity contribution in [3.63, 3.8) is 0 Å². The number of ether oxygens (including phenoxy) is 1. The summed E-state index contributed by atoms with van der Waals surface area (Å²) in [4.78, 5) is 28.4. The highest BCUT2D eigenvalue weighted by atomic mass is 32.1. The number of para-hydroxylation sites is 1. The van der Waals surface area contributed by atoms with Gasteiger partial charge >= 0.3 is 5.97 Å². The molecule has 7 nitrogen and oxygen atoms in total. The summed E-state index contributed by atoms with van der Waals surface area (Å²) in [5.74, 6) is -0.653. The Bertz CT molecular complexity index is 1060. The first-order valence-electron chi connectivity index (χ1n) is 8.18. The highest BCUT2D eigenvalue weighted by Gasteiger charge is 2.30. The Kier molecular flexibility index (Phi) is 5.98. The zero-order valence-corrected chi connectivity index (χ0v) is 15.9. The lowest BCUT2D eigenvalue weighted by Gasteiger charge is -2.24. The number of nitriles is 1. The molecular weight excluding hydrogens is 366 g/mol. The number of H-pyrrole nitrogens is 2. The third kappa shape index (κ3) is 4.51. The van der Waals surface area contributed by atoms with E-state index in [4.69, 9.17) is 17.0 Å². The molecule has 1 aromatic carbocycles. The fraction of sp³-hybridized carbons (Fsp3) is 0.263. The summed E-state index contributed by atoms with van der Waals surface area (Å²) in [6.45, 7) is 4.87. The van der Waals surface area contributed by atoms with Gasteiger partial charge in [-0.1, -0.05) is 25.1 Å². The van der Waals surface area contributed by atoms with E-state index in [0.29, 0.717) is 17.7 Å². The molecule has 1 aromatic heterocycles. The number of aryl methyl sites for hydroxylation is 1. The molecule has 0 aliphatic carbocycles. The van der Waals surface area contributed by atoms with Crippen molar-refractivity contribution in [3.8, 4) is 11.8 Å². The molecule has 0 atom stereocenters. The van der Waals surface area contributed by atoms with Gasteiger partial charge in [-0.05, 0) is 50.2 Å². The predicted molar refractivity (Wildman–Crippen MR) is 104 cm³/mol. The molecule has 0 unspecified atom stereocenters. The van der Waals surface area contributed by atoms with Crippen molar-refractivity contribution >= 4 is 30.3 Å². The molecule has 3 N–H and O–H groups in total. The first-order valence-corrected chi connectivity index (χ1v) is 8.59. The number of benzene rings is 1. The molecule has 27 heavy (non-hydrogen) atoms. The molecule has 8 heteroatoms. The Morgan fingerprint density at radius 3 is 2.67 bits per heavy atom. The number of hydrogen-bond donors (Lipinski definition) is 3. The summed E-state index contributed by atoms with van der Waals surface area (Å²) in [5, 5.41) is 18.6. The lowest BCUT2D eigenvalue weighted by molar-refractivity contribution is -0.152. The van der Waals surface area contributed by atoms with Crippen LogP contribution in [0.1, 0.15) is 43.2 Å². The first-order chi connectivity index (χ1) is 12.7. The molecular formula is C19H19N3O4S. The second-order valence-corrected chi connectivity index (χ2v) is 6.66. The van der Waals surface area contributed by atoms with Crippen molar-refractivity contribution < 1.29 is 14.6 Å². The number of carboxylic acid groups (broad SMARTS) is 1. The summed E-state index contributed by atoms with van der Waals surface area (Å²) < 4.78 is 5.90. The summed E-state index contributed by atoms with van der Waals surface area (Å²) >= 11 is 4.95. The molecule has 0 saturated carbocycles. The number of aromatic nitrogens is 2. The number of aliphatic carboxylic acids is 1. The summed E-state index contributed by atoms with van der Waals surface area (Å²) in [6.07, 6.45) is 3.83. The molecule has 0 fully saturated rings. The zero-order valence-electron chi connectivity index (χ0n) is 15.1. The Morgan fingerprint density at radius 2 is 2.07 bits per heavy atom. The van der Waals surface area contributed by atoms with E-state index in [-0.39, 0.29) is 16.0 Å². The second kappa shape index (κ2) is 8.01. The van der Waals surface area contributed by atoms with Crippen LogP contribution in [0.25, 0.3) is 12.2 Å². The van der Waals surface area contributed by atoms with E-state index in [0.717, 1.165) is 5.56 Å². The zero-order chi connectivity index (χ0) is 20.2. The molecule has 0 aliphatic rings. The maximum atomic E-state index is 11.8. The van der Waals surface area contributed by atoms with Crippen molar-refractivity contribution in [1.29, 1.82) is 5.26 Å². The van der Waals surface area contributed by atoms with Gasteiger partial charge in [0.15, 0.2) is 10.4 Å². The van der Waals surface area contributed by atoms with E-state index < -0.39 is 17.1 Å². The molecule has 0 amide bonds. The van der Waals surface area contributed by atoms with E-state index in [1.807, 2.05) is 25.1 Å².